The maximum atomic E-state index is 13.7. The van der Waals surface area contributed by atoms with E-state index in [1.807, 2.05) is 13.2 Å². The van der Waals surface area contributed by atoms with Crippen molar-refractivity contribution in [1.82, 2.24) is 4.90 Å². The number of rotatable bonds is 6. The first kappa shape index (κ1) is 16.8. The number of nitrogens with zero attached hydrogens (tertiary/aromatic N) is 1. The molecule has 1 aromatic carbocycles. The van der Waals surface area contributed by atoms with E-state index in [0.717, 1.165) is 24.3 Å². The Morgan fingerprint density at radius 3 is 2.40 bits per heavy atom. The second-order valence-electron chi connectivity index (χ2n) is 4.61. The van der Waals surface area contributed by atoms with Gasteiger partial charge >= 0.3 is 0 Å². The summed E-state index contributed by atoms with van der Waals surface area (Å²) < 4.78 is 27.3. The van der Waals surface area contributed by atoms with Gasteiger partial charge in [-0.25, -0.2) is 8.78 Å². The Morgan fingerprint density at radius 2 is 1.95 bits per heavy atom. The van der Waals surface area contributed by atoms with Crippen molar-refractivity contribution in [2.45, 2.75) is 19.4 Å². The van der Waals surface area contributed by atoms with Crippen LogP contribution in [0.4, 0.5) is 14.5 Å². The van der Waals surface area contributed by atoms with E-state index in [9.17, 15) is 13.6 Å². The van der Waals surface area contributed by atoms with E-state index in [4.69, 9.17) is 0 Å². The lowest BCUT2D eigenvalue weighted by Crippen LogP contribution is -2.35. The molecule has 1 amide bonds. The maximum absolute atomic E-state index is 13.7. The molecule has 112 valence electrons. The fourth-order valence-electron chi connectivity index (χ4n) is 1.82. The van der Waals surface area contributed by atoms with Gasteiger partial charge in [0.05, 0.1) is 0 Å². The lowest BCUT2D eigenvalue weighted by molar-refractivity contribution is 0.0740. The van der Waals surface area contributed by atoms with Crippen LogP contribution in [0, 0.1) is 11.6 Å². The van der Waals surface area contributed by atoms with Crippen LogP contribution >= 0.6 is 11.8 Å². The number of thioether (sulfide) groups is 1. The van der Waals surface area contributed by atoms with Gasteiger partial charge in [-0.1, -0.05) is 0 Å². The highest BCUT2D eigenvalue weighted by atomic mass is 32.2. The molecule has 0 saturated carbocycles. The van der Waals surface area contributed by atoms with Crippen LogP contribution in [0.25, 0.3) is 0 Å². The van der Waals surface area contributed by atoms with Crippen molar-refractivity contribution < 1.29 is 13.6 Å². The van der Waals surface area contributed by atoms with Crippen molar-refractivity contribution in [3.63, 3.8) is 0 Å². The van der Waals surface area contributed by atoms with E-state index in [1.54, 1.807) is 18.8 Å². The van der Waals surface area contributed by atoms with Crippen LogP contribution in [0.1, 0.15) is 23.7 Å². The van der Waals surface area contributed by atoms with Gasteiger partial charge in [0.15, 0.2) is 0 Å². The van der Waals surface area contributed by atoms with E-state index < -0.39 is 11.6 Å². The normalized spacial score (nSPS) is 12.1. The van der Waals surface area contributed by atoms with E-state index >= 15 is 0 Å². The van der Waals surface area contributed by atoms with Crippen LogP contribution in [-0.4, -0.2) is 43.0 Å². The number of anilines is 1. The Kier molecular flexibility index (Phi) is 6.26. The Balaban J connectivity index is 2.92. The van der Waals surface area contributed by atoms with Crippen LogP contribution in [0.15, 0.2) is 12.1 Å². The maximum Gasteiger partial charge on any atom is 0.254 e. The molecule has 20 heavy (non-hydrogen) atoms. The first-order valence-corrected chi connectivity index (χ1v) is 7.74. The fourth-order valence-corrected chi connectivity index (χ4v) is 2.40. The molecule has 0 aliphatic heterocycles. The predicted octanol–water partition coefficient (Wildman–Crippen LogP) is 3.22. The average Bonchev–Trinajstić information content (AvgIpc) is 2.42. The molecule has 0 spiro atoms. The first-order valence-electron chi connectivity index (χ1n) is 6.35. The molecule has 6 heteroatoms. The van der Waals surface area contributed by atoms with E-state index in [1.165, 1.54) is 11.9 Å². The smallest absolute Gasteiger partial charge is 0.254 e. The highest BCUT2D eigenvalue weighted by Crippen LogP contribution is 2.21. The second-order valence-corrected chi connectivity index (χ2v) is 5.60. The number of benzene rings is 1. The highest BCUT2D eigenvalue weighted by molar-refractivity contribution is 7.98. The summed E-state index contributed by atoms with van der Waals surface area (Å²) in [7, 11) is 3.08. The van der Waals surface area contributed by atoms with Crippen molar-refractivity contribution in [1.29, 1.82) is 0 Å². The number of carbonyl (C=O) groups is 1. The molecular formula is C14H20F2N2OS. The van der Waals surface area contributed by atoms with Gasteiger partial charge in [-0.15, -0.1) is 0 Å². The molecule has 0 heterocycles. The summed E-state index contributed by atoms with van der Waals surface area (Å²) in [5.41, 5.74) is -0.197. The molecular weight excluding hydrogens is 282 g/mol. The van der Waals surface area contributed by atoms with E-state index in [2.05, 4.69) is 5.32 Å². The summed E-state index contributed by atoms with van der Waals surface area (Å²) in [4.78, 5) is 13.7. The van der Waals surface area contributed by atoms with Crippen molar-refractivity contribution in [3.8, 4) is 0 Å². The molecule has 0 bridgehead atoms. The minimum absolute atomic E-state index is 0.0186. The lowest BCUT2D eigenvalue weighted by Gasteiger charge is -2.25. The van der Waals surface area contributed by atoms with Crippen LogP contribution in [0.5, 0.6) is 0 Å². The van der Waals surface area contributed by atoms with Crippen LogP contribution in [-0.2, 0) is 0 Å². The standard InChI is InChI=1S/C14H20F2N2OS/c1-9(5-6-20-4)18(3)14(19)10-7-11(15)13(17-2)12(16)8-10/h7-9,17H,5-6H2,1-4H3. The highest BCUT2D eigenvalue weighted by Gasteiger charge is 2.20. The lowest BCUT2D eigenvalue weighted by atomic mass is 10.1. The molecule has 1 rings (SSSR count). The van der Waals surface area contributed by atoms with E-state index in [0.29, 0.717) is 0 Å². The number of nitrogens with one attached hydrogen (secondary N) is 1. The number of hydrogen-bond acceptors (Lipinski definition) is 3. The molecule has 0 aromatic heterocycles. The van der Waals surface area contributed by atoms with Crippen molar-refractivity contribution >= 4 is 23.4 Å². The van der Waals surface area contributed by atoms with E-state index in [-0.39, 0.29) is 23.2 Å². The minimum Gasteiger partial charge on any atom is -0.383 e. The van der Waals surface area contributed by atoms with Gasteiger partial charge in [-0.3, -0.25) is 4.79 Å². The Morgan fingerprint density at radius 1 is 1.40 bits per heavy atom. The third-order valence-electron chi connectivity index (χ3n) is 3.26. The van der Waals surface area contributed by atoms with Crippen molar-refractivity contribution in [2.75, 3.05) is 31.4 Å². The Labute approximate surface area is 122 Å². The summed E-state index contributed by atoms with van der Waals surface area (Å²) in [6, 6.07) is 2.15. The molecule has 0 aliphatic carbocycles. The van der Waals surface area contributed by atoms with Gasteiger partial charge in [-0.2, -0.15) is 11.8 Å². The van der Waals surface area contributed by atoms with Crippen molar-refractivity contribution in [3.05, 3.63) is 29.3 Å². The zero-order valence-corrected chi connectivity index (χ0v) is 13.0. The summed E-state index contributed by atoms with van der Waals surface area (Å²) in [6.45, 7) is 1.92. The average molecular weight is 302 g/mol. The van der Waals surface area contributed by atoms with Crippen LogP contribution in [0.2, 0.25) is 0 Å². The zero-order chi connectivity index (χ0) is 15.3. The van der Waals surface area contributed by atoms with Gasteiger partial charge in [0.25, 0.3) is 5.91 Å². The quantitative estimate of drug-likeness (QED) is 0.875. The summed E-state index contributed by atoms with van der Waals surface area (Å²) in [6.07, 6.45) is 2.83. The van der Waals surface area contributed by atoms with Gasteiger partial charge in [0, 0.05) is 25.7 Å². The van der Waals surface area contributed by atoms with Gasteiger partial charge < -0.3 is 10.2 Å². The number of amides is 1. The number of hydrogen-bond donors (Lipinski definition) is 1. The molecule has 1 unspecified atom stereocenters. The van der Waals surface area contributed by atoms with Gasteiger partial charge in [-0.05, 0) is 37.5 Å². The topological polar surface area (TPSA) is 32.3 Å². The molecule has 0 fully saturated rings. The Bertz CT molecular complexity index is 459. The third-order valence-corrected chi connectivity index (χ3v) is 3.90. The minimum atomic E-state index is -0.763. The summed E-state index contributed by atoms with van der Waals surface area (Å²) >= 11 is 1.70. The summed E-state index contributed by atoms with van der Waals surface area (Å²) in [5.74, 6) is -0.971. The SMILES string of the molecule is CNc1c(F)cc(C(=O)N(C)C(C)CCSC)cc1F. The molecule has 0 radical (unpaired) electrons. The number of halogens is 2. The van der Waals surface area contributed by atoms with Gasteiger partial charge in [0.2, 0.25) is 0 Å². The molecule has 1 N–H and O–H groups in total. The largest absolute Gasteiger partial charge is 0.383 e. The molecule has 1 atom stereocenters. The monoisotopic (exact) mass is 302 g/mol. The fraction of sp³-hybridized carbons (Fsp3) is 0.500. The van der Waals surface area contributed by atoms with Crippen LogP contribution in [0.3, 0.4) is 0 Å². The third kappa shape index (κ3) is 3.85. The Hall–Kier alpha value is -1.30. The predicted molar refractivity (Wildman–Crippen MR) is 80.5 cm³/mol. The van der Waals surface area contributed by atoms with Crippen LogP contribution < -0.4 is 5.32 Å². The molecule has 3 nitrogen and oxygen atoms in total. The zero-order valence-electron chi connectivity index (χ0n) is 12.2. The number of carbonyl (C=O) groups excluding carboxylic acids is 1. The molecule has 0 saturated heterocycles. The summed E-state index contributed by atoms with van der Waals surface area (Å²) in [5, 5.41) is 2.43. The first-order chi connectivity index (χ1) is 9.42. The second kappa shape index (κ2) is 7.47. The molecule has 0 aliphatic rings. The van der Waals surface area contributed by atoms with Crippen molar-refractivity contribution in [2.24, 2.45) is 0 Å². The molecule has 1 aromatic rings. The van der Waals surface area contributed by atoms with Gasteiger partial charge in [0.1, 0.15) is 17.3 Å².